The van der Waals surface area contributed by atoms with Crippen LogP contribution in [0, 0.1) is 0 Å². The van der Waals surface area contributed by atoms with Crippen LogP contribution in [0.4, 0.5) is 0 Å². The fourth-order valence-corrected chi connectivity index (χ4v) is 7.17. The molecule has 0 unspecified atom stereocenters. The summed E-state index contributed by atoms with van der Waals surface area (Å²) >= 11 is 0. The minimum Gasteiger partial charge on any atom is -0.460 e. The smallest absolute Gasteiger partial charge is 0.380 e. The lowest BCUT2D eigenvalue weighted by molar-refractivity contribution is 0.0444. The SMILES string of the molecule is CCOC(=O)c1nnn(COCC[Si](C)(C)C)n1.CCOC(=O)c1nnnn1COCC[Si](C)(C)C.C[Si](C)(C)CCOCn1nnc(CO)n1.C[Si](C)(C)CCOCn1nnnc1CO. The molecule has 0 aromatic carbocycles. The van der Waals surface area contributed by atoms with Gasteiger partial charge < -0.3 is 38.6 Å². The van der Waals surface area contributed by atoms with Crippen molar-refractivity contribution in [3.63, 3.8) is 0 Å². The van der Waals surface area contributed by atoms with Gasteiger partial charge in [-0.25, -0.2) is 14.3 Å². The van der Waals surface area contributed by atoms with E-state index in [-0.39, 0.29) is 38.3 Å². The first kappa shape index (κ1) is 59.9. The summed E-state index contributed by atoms with van der Waals surface area (Å²) in [6.07, 6.45) is 0. The van der Waals surface area contributed by atoms with Gasteiger partial charge in [-0.3, -0.25) is 0 Å². The first-order valence-corrected chi connectivity index (χ1v) is 36.7. The lowest BCUT2D eigenvalue weighted by Gasteiger charge is -2.15. The number of tetrazole rings is 4. The summed E-state index contributed by atoms with van der Waals surface area (Å²) in [6.45, 7) is 34.9. The largest absolute Gasteiger partial charge is 0.460 e. The second kappa shape index (κ2) is 31.0. The maximum absolute atomic E-state index is 11.5. The van der Waals surface area contributed by atoms with Crippen LogP contribution in [0.15, 0.2) is 0 Å². The van der Waals surface area contributed by atoms with E-state index in [2.05, 4.69) is 140 Å². The average Bonchev–Trinajstić information content (AvgIpc) is 4.06. The highest BCUT2D eigenvalue weighted by Gasteiger charge is 2.19. The molecule has 66 heavy (non-hydrogen) atoms. The number of aromatic nitrogens is 16. The number of aliphatic hydroxyl groups is 2. The molecule has 0 spiro atoms. The van der Waals surface area contributed by atoms with Gasteiger partial charge in [-0.05, 0) is 69.3 Å². The fraction of sp³-hybridized carbons (Fsp3) is 0.833. The van der Waals surface area contributed by atoms with Crippen molar-refractivity contribution in [3.05, 3.63) is 23.3 Å². The number of rotatable bonds is 26. The van der Waals surface area contributed by atoms with Crippen LogP contribution in [0.5, 0.6) is 0 Å². The Morgan fingerprint density at radius 2 is 0.924 bits per heavy atom. The summed E-state index contributed by atoms with van der Waals surface area (Å²) in [5.74, 6) is -0.301. The molecule has 0 amide bonds. The highest BCUT2D eigenvalue weighted by molar-refractivity contribution is 6.77. The van der Waals surface area contributed by atoms with Gasteiger partial charge in [-0.2, -0.15) is 4.68 Å². The molecule has 4 rings (SSSR count). The minimum absolute atomic E-state index is 0.0364. The monoisotopic (exact) mass is 1000 g/mol. The van der Waals surface area contributed by atoms with Crippen molar-refractivity contribution in [3.8, 4) is 0 Å². The van der Waals surface area contributed by atoms with Crippen LogP contribution in [-0.4, -0.2) is 175 Å². The number of nitrogens with zero attached hydrogens (tertiary/aromatic N) is 16. The van der Waals surface area contributed by atoms with E-state index in [9.17, 15) is 9.59 Å². The van der Waals surface area contributed by atoms with E-state index in [1.807, 2.05) is 0 Å². The highest BCUT2D eigenvalue weighted by atomic mass is 28.3. The molecule has 26 nitrogen and oxygen atoms in total. The van der Waals surface area contributed by atoms with Crippen molar-refractivity contribution < 1.29 is 48.2 Å². The quantitative estimate of drug-likeness (QED) is 0.0518. The molecule has 0 bridgehead atoms. The maximum Gasteiger partial charge on any atom is 0.380 e. The molecule has 0 aliphatic rings. The minimum atomic E-state index is -1.10. The Kier molecular flexibility index (Phi) is 28.1. The molecule has 0 aliphatic carbocycles. The molecule has 30 heteroatoms. The van der Waals surface area contributed by atoms with E-state index in [0.717, 1.165) is 37.4 Å². The molecule has 0 aliphatic heterocycles. The zero-order valence-corrected chi connectivity index (χ0v) is 45.6. The Balaban J connectivity index is 0.000000442. The Bertz CT molecular complexity index is 1910. The maximum atomic E-state index is 11.5. The first-order valence-electron chi connectivity index (χ1n) is 21.8. The molecule has 0 atom stereocenters. The predicted octanol–water partition coefficient (Wildman–Crippen LogP) is 3.28. The summed E-state index contributed by atoms with van der Waals surface area (Å²) in [7, 11) is -4.25. The van der Waals surface area contributed by atoms with Crippen LogP contribution in [0.1, 0.15) is 46.7 Å². The first-order chi connectivity index (χ1) is 30.9. The Morgan fingerprint density at radius 1 is 0.500 bits per heavy atom. The van der Waals surface area contributed by atoms with Gasteiger partial charge in [-0.1, -0.05) is 78.6 Å². The zero-order valence-electron chi connectivity index (χ0n) is 41.6. The van der Waals surface area contributed by atoms with Crippen LogP contribution in [0.3, 0.4) is 0 Å². The van der Waals surface area contributed by atoms with Gasteiger partial charge in [0.1, 0.15) is 26.7 Å². The number of esters is 2. The van der Waals surface area contributed by atoms with E-state index in [1.165, 1.54) is 19.0 Å². The van der Waals surface area contributed by atoms with Gasteiger partial charge in [0.05, 0.1) is 13.2 Å². The Morgan fingerprint density at radius 3 is 1.38 bits per heavy atom. The van der Waals surface area contributed by atoms with Gasteiger partial charge >= 0.3 is 11.9 Å². The molecule has 4 aromatic heterocycles. The number of carbonyl (C=O) groups excluding carboxylic acids is 2. The van der Waals surface area contributed by atoms with E-state index in [1.54, 1.807) is 13.8 Å². The molecule has 0 fully saturated rings. The van der Waals surface area contributed by atoms with Crippen molar-refractivity contribution in [2.45, 2.75) is 157 Å². The molecule has 4 aromatic rings. The van der Waals surface area contributed by atoms with Gasteiger partial charge in [0.25, 0.3) is 11.6 Å². The summed E-state index contributed by atoms with van der Waals surface area (Å²) in [5.41, 5.74) is 0. The number of carbonyl (C=O) groups is 2. The third-order valence-electron chi connectivity index (χ3n) is 8.11. The van der Waals surface area contributed by atoms with Gasteiger partial charge in [-0.15, -0.1) is 40.2 Å². The molecule has 0 saturated heterocycles. The number of aliphatic hydroxyl groups excluding tert-OH is 2. The van der Waals surface area contributed by atoms with Crippen molar-refractivity contribution in [1.29, 1.82) is 0 Å². The van der Waals surface area contributed by atoms with E-state index in [0.29, 0.717) is 51.5 Å². The molecular formula is C36H76N16O10Si4. The number of hydrogen-bond acceptors (Lipinski definition) is 22. The predicted molar refractivity (Wildman–Crippen MR) is 251 cm³/mol. The van der Waals surface area contributed by atoms with Crippen LogP contribution >= 0.6 is 0 Å². The standard InChI is InChI=1S/2C10H20N4O3Si.2C8H18N4O2Si/c1-5-17-10(15)9-11-12-13-14(9)8-16-6-7-18(2,3)4;1-5-17-10(15)9-11-13-14(12-9)8-16-6-7-18(2,3)4;1-15(2,3)5-4-14-7-12-8(6-13)9-10-11-12;1-15(2,3)5-4-14-7-12-10-8(6-13)9-11-12/h2*5-8H2,1-4H3;2*13H,4-7H2,1-3H3. The molecule has 376 valence electrons. The second-order valence-electron chi connectivity index (χ2n) is 19.3. The summed E-state index contributed by atoms with van der Waals surface area (Å²) in [5, 5.41) is 61.6. The summed E-state index contributed by atoms with van der Waals surface area (Å²) in [4.78, 5) is 25.4. The lowest BCUT2D eigenvalue weighted by atomic mass is 10.6. The van der Waals surface area contributed by atoms with Crippen molar-refractivity contribution in [2.75, 3.05) is 39.6 Å². The number of hydrogen-bond donors (Lipinski definition) is 2. The molecule has 4 heterocycles. The van der Waals surface area contributed by atoms with Gasteiger partial charge in [0.15, 0.2) is 25.1 Å². The van der Waals surface area contributed by atoms with Crippen molar-refractivity contribution in [2.24, 2.45) is 0 Å². The third-order valence-corrected chi connectivity index (χ3v) is 14.9. The third kappa shape index (κ3) is 29.5. The van der Waals surface area contributed by atoms with Gasteiger partial charge in [0.2, 0.25) is 0 Å². The van der Waals surface area contributed by atoms with E-state index in [4.69, 9.17) is 38.6 Å². The molecule has 0 radical (unpaired) electrons. The number of ether oxygens (including phenoxy) is 6. The van der Waals surface area contributed by atoms with Crippen molar-refractivity contribution in [1.82, 2.24) is 80.8 Å². The lowest BCUT2D eigenvalue weighted by Crippen LogP contribution is -2.22. The molecule has 2 N–H and O–H groups in total. The zero-order chi connectivity index (χ0) is 49.8. The topological polar surface area (TPSA) is 304 Å². The molecular weight excluding hydrogens is 929 g/mol. The van der Waals surface area contributed by atoms with Gasteiger partial charge in [0, 0.05) is 58.7 Å². The Labute approximate surface area is 391 Å². The van der Waals surface area contributed by atoms with E-state index < -0.39 is 44.2 Å². The normalized spacial score (nSPS) is 11.8. The van der Waals surface area contributed by atoms with Crippen LogP contribution in [0.25, 0.3) is 0 Å². The summed E-state index contributed by atoms with van der Waals surface area (Å²) in [6, 6.07) is 4.37. The Hall–Kier alpha value is -4.15. The fourth-order valence-electron chi connectivity index (χ4n) is 4.15. The van der Waals surface area contributed by atoms with Crippen LogP contribution < -0.4 is 0 Å². The molecule has 0 saturated carbocycles. The van der Waals surface area contributed by atoms with Crippen LogP contribution in [-0.2, 0) is 68.6 Å². The van der Waals surface area contributed by atoms with E-state index >= 15 is 0 Å². The second-order valence-corrected chi connectivity index (χ2v) is 41.8. The average molecular weight is 1010 g/mol. The van der Waals surface area contributed by atoms with Crippen LogP contribution in [0.2, 0.25) is 103 Å². The highest BCUT2D eigenvalue weighted by Crippen LogP contribution is 2.10. The van der Waals surface area contributed by atoms with Crippen molar-refractivity contribution >= 4 is 44.2 Å². The summed E-state index contributed by atoms with van der Waals surface area (Å²) < 4.78 is 34.1.